The lowest BCUT2D eigenvalue weighted by Gasteiger charge is -2.22. The summed E-state index contributed by atoms with van der Waals surface area (Å²) in [4.78, 5) is 16.4. The standard InChI is InChI=1S/C19H23N3O/c1-21(14-15-7-3-2-4-8-15)18-10-9-16(13-17(18)20)19(23)22-11-5-6-12-22/h2-4,7-10,13H,5-6,11-12,14,20H2,1H3. The lowest BCUT2D eigenvalue weighted by Crippen LogP contribution is -2.27. The Bertz CT molecular complexity index is 678. The molecule has 1 amide bonds. The first kappa shape index (κ1) is 15.4. The molecular weight excluding hydrogens is 286 g/mol. The summed E-state index contributed by atoms with van der Waals surface area (Å²) in [7, 11) is 2.01. The Kier molecular flexibility index (Phi) is 4.51. The van der Waals surface area contributed by atoms with Crippen LogP contribution in [-0.4, -0.2) is 30.9 Å². The van der Waals surface area contributed by atoms with Crippen LogP contribution in [0.4, 0.5) is 11.4 Å². The summed E-state index contributed by atoms with van der Waals surface area (Å²) in [6, 6.07) is 15.9. The van der Waals surface area contributed by atoms with Crippen molar-refractivity contribution in [1.29, 1.82) is 0 Å². The van der Waals surface area contributed by atoms with E-state index >= 15 is 0 Å². The van der Waals surface area contributed by atoms with Gasteiger partial charge in [0.25, 0.3) is 5.91 Å². The molecule has 0 bridgehead atoms. The fourth-order valence-corrected chi connectivity index (χ4v) is 3.08. The van der Waals surface area contributed by atoms with E-state index in [4.69, 9.17) is 5.73 Å². The van der Waals surface area contributed by atoms with Crippen LogP contribution >= 0.6 is 0 Å². The van der Waals surface area contributed by atoms with E-state index in [-0.39, 0.29) is 5.91 Å². The molecule has 0 unspecified atom stereocenters. The van der Waals surface area contributed by atoms with E-state index in [1.165, 1.54) is 5.56 Å². The van der Waals surface area contributed by atoms with Crippen molar-refractivity contribution in [2.24, 2.45) is 0 Å². The van der Waals surface area contributed by atoms with Gasteiger partial charge in [0.1, 0.15) is 0 Å². The van der Waals surface area contributed by atoms with Gasteiger partial charge in [-0.2, -0.15) is 0 Å². The number of nitrogens with zero attached hydrogens (tertiary/aromatic N) is 2. The third-order valence-electron chi connectivity index (χ3n) is 4.34. The summed E-state index contributed by atoms with van der Waals surface area (Å²) in [6.45, 7) is 2.49. The van der Waals surface area contributed by atoms with Crippen LogP contribution in [0.15, 0.2) is 48.5 Å². The number of amides is 1. The second kappa shape index (κ2) is 6.73. The van der Waals surface area contributed by atoms with Crippen LogP contribution in [0.2, 0.25) is 0 Å². The molecule has 2 aromatic rings. The number of likely N-dealkylation sites (tertiary alicyclic amines) is 1. The molecule has 0 aromatic heterocycles. The second-order valence-electron chi connectivity index (χ2n) is 6.11. The largest absolute Gasteiger partial charge is 0.397 e. The summed E-state index contributed by atoms with van der Waals surface area (Å²) in [5.41, 5.74) is 9.71. The van der Waals surface area contributed by atoms with Crippen LogP contribution in [-0.2, 0) is 6.54 Å². The lowest BCUT2D eigenvalue weighted by atomic mass is 10.1. The van der Waals surface area contributed by atoms with Crippen LogP contribution in [0.25, 0.3) is 0 Å². The van der Waals surface area contributed by atoms with Crippen molar-refractivity contribution in [3.05, 3.63) is 59.7 Å². The first-order valence-corrected chi connectivity index (χ1v) is 8.09. The third-order valence-corrected chi connectivity index (χ3v) is 4.34. The normalized spacial score (nSPS) is 14.0. The first-order valence-electron chi connectivity index (χ1n) is 8.09. The Hall–Kier alpha value is -2.49. The minimum atomic E-state index is 0.0893. The van der Waals surface area contributed by atoms with E-state index < -0.39 is 0 Å². The highest BCUT2D eigenvalue weighted by molar-refractivity contribution is 5.96. The van der Waals surface area contributed by atoms with Crippen LogP contribution < -0.4 is 10.6 Å². The van der Waals surface area contributed by atoms with Crippen LogP contribution in [0.3, 0.4) is 0 Å². The molecule has 4 heteroatoms. The summed E-state index contributed by atoms with van der Waals surface area (Å²) in [5, 5.41) is 0. The monoisotopic (exact) mass is 309 g/mol. The fourth-order valence-electron chi connectivity index (χ4n) is 3.08. The molecule has 0 aliphatic carbocycles. The molecule has 1 saturated heterocycles. The average Bonchev–Trinajstić information content (AvgIpc) is 3.09. The fraction of sp³-hybridized carbons (Fsp3) is 0.316. The predicted octanol–water partition coefficient (Wildman–Crippen LogP) is 3.14. The zero-order chi connectivity index (χ0) is 16.2. The van der Waals surface area contributed by atoms with Crippen molar-refractivity contribution < 1.29 is 4.79 Å². The van der Waals surface area contributed by atoms with Crippen molar-refractivity contribution >= 4 is 17.3 Å². The molecule has 3 rings (SSSR count). The average molecular weight is 309 g/mol. The highest BCUT2D eigenvalue weighted by atomic mass is 16.2. The molecule has 1 aliphatic heterocycles. The van der Waals surface area contributed by atoms with E-state index in [0.717, 1.165) is 38.2 Å². The highest BCUT2D eigenvalue weighted by Gasteiger charge is 2.20. The first-order chi connectivity index (χ1) is 11.1. The van der Waals surface area contributed by atoms with E-state index in [2.05, 4.69) is 17.0 Å². The summed E-state index contributed by atoms with van der Waals surface area (Å²) in [5.74, 6) is 0.0893. The molecule has 2 aromatic carbocycles. The number of hydrogen-bond acceptors (Lipinski definition) is 3. The molecule has 0 atom stereocenters. The van der Waals surface area contributed by atoms with Gasteiger partial charge in [-0.1, -0.05) is 30.3 Å². The van der Waals surface area contributed by atoms with Gasteiger partial charge in [0, 0.05) is 32.2 Å². The molecule has 0 saturated carbocycles. The van der Waals surface area contributed by atoms with E-state index in [1.54, 1.807) is 6.07 Å². The zero-order valence-electron chi connectivity index (χ0n) is 13.5. The molecule has 1 aliphatic rings. The molecule has 0 radical (unpaired) electrons. The van der Waals surface area contributed by atoms with Gasteiger partial charge < -0.3 is 15.5 Å². The molecule has 120 valence electrons. The van der Waals surface area contributed by atoms with Gasteiger partial charge in [0.15, 0.2) is 0 Å². The Morgan fingerprint density at radius 3 is 2.48 bits per heavy atom. The molecular formula is C19H23N3O. The SMILES string of the molecule is CN(Cc1ccccc1)c1ccc(C(=O)N2CCCC2)cc1N. The minimum Gasteiger partial charge on any atom is -0.397 e. The second-order valence-corrected chi connectivity index (χ2v) is 6.11. The van der Waals surface area contributed by atoms with Crippen molar-refractivity contribution in [3.63, 3.8) is 0 Å². The number of benzene rings is 2. The Labute approximate surface area is 137 Å². The zero-order valence-corrected chi connectivity index (χ0v) is 13.5. The van der Waals surface area contributed by atoms with Gasteiger partial charge in [-0.3, -0.25) is 4.79 Å². The van der Waals surface area contributed by atoms with Crippen LogP contribution in [0.5, 0.6) is 0 Å². The molecule has 4 nitrogen and oxygen atoms in total. The van der Waals surface area contributed by atoms with Crippen molar-refractivity contribution in [2.45, 2.75) is 19.4 Å². The number of carbonyl (C=O) groups is 1. The van der Waals surface area contributed by atoms with Crippen LogP contribution in [0.1, 0.15) is 28.8 Å². The van der Waals surface area contributed by atoms with Gasteiger partial charge >= 0.3 is 0 Å². The van der Waals surface area contributed by atoms with Crippen molar-refractivity contribution in [2.75, 3.05) is 30.8 Å². The van der Waals surface area contributed by atoms with Gasteiger partial charge in [-0.05, 0) is 36.6 Å². The topological polar surface area (TPSA) is 49.6 Å². The molecule has 1 fully saturated rings. The number of anilines is 2. The predicted molar refractivity (Wildman–Crippen MR) is 94.5 cm³/mol. The van der Waals surface area contributed by atoms with Crippen molar-refractivity contribution in [1.82, 2.24) is 4.90 Å². The highest BCUT2D eigenvalue weighted by Crippen LogP contribution is 2.26. The van der Waals surface area contributed by atoms with Gasteiger partial charge in [-0.25, -0.2) is 0 Å². The van der Waals surface area contributed by atoms with Gasteiger partial charge in [-0.15, -0.1) is 0 Å². The van der Waals surface area contributed by atoms with E-state index in [9.17, 15) is 4.79 Å². The Balaban J connectivity index is 1.75. The lowest BCUT2D eigenvalue weighted by molar-refractivity contribution is 0.0793. The van der Waals surface area contributed by atoms with Gasteiger partial charge in [0.2, 0.25) is 0 Å². The molecule has 0 spiro atoms. The van der Waals surface area contributed by atoms with E-state index in [0.29, 0.717) is 11.3 Å². The quantitative estimate of drug-likeness (QED) is 0.883. The van der Waals surface area contributed by atoms with Crippen molar-refractivity contribution in [3.8, 4) is 0 Å². The Morgan fingerprint density at radius 2 is 1.83 bits per heavy atom. The maximum Gasteiger partial charge on any atom is 0.253 e. The number of rotatable bonds is 4. The summed E-state index contributed by atoms with van der Waals surface area (Å²) < 4.78 is 0. The number of nitrogens with two attached hydrogens (primary N) is 1. The summed E-state index contributed by atoms with van der Waals surface area (Å²) in [6.07, 6.45) is 2.19. The Morgan fingerprint density at radius 1 is 1.13 bits per heavy atom. The number of nitrogen functional groups attached to an aromatic ring is 1. The van der Waals surface area contributed by atoms with Crippen LogP contribution in [0, 0.1) is 0 Å². The van der Waals surface area contributed by atoms with Gasteiger partial charge in [0.05, 0.1) is 11.4 Å². The third kappa shape index (κ3) is 3.47. The molecule has 1 heterocycles. The number of hydrogen-bond donors (Lipinski definition) is 1. The maximum atomic E-state index is 12.4. The molecule has 2 N–H and O–H groups in total. The minimum absolute atomic E-state index is 0.0893. The smallest absolute Gasteiger partial charge is 0.253 e. The summed E-state index contributed by atoms with van der Waals surface area (Å²) >= 11 is 0. The maximum absolute atomic E-state index is 12.4. The number of carbonyl (C=O) groups excluding carboxylic acids is 1. The van der Waals surface area contributed by atoms with E-state index in [1.807, 2.05) is 42.3 Å². The molecule has 23 heavy (non-hydrogen) atoms.